The van der Waals surface area contributed by atoms with Crippen molar-refractivity contribution in [3.05, 3.63) is 43.2 Å². The van der Waals surface area contributed by atoms with Crippen molar-refractivity contribution in [2.45, 2.75) is 18.8 Å². The van der Waals surface area contributed by atoms with E-state index in [1.807, 2.05) is 18.2 Å². The second-order valence-electron chi connectivity index (χ2n) is 4.73. The average molecular weight is 400 g/mol. The summed E-state index contributed by atoms with van der Waals surface area (Å²) in [6, 6.07) is 5.59. The number of aromatic nitrogens is 2. The largest absolute Gasteiger partial charge is 0.497 e. The first kappa shape index (κ1) is 13.8. The van der Waals surface area contributed by atoms with Crippen molar-refractivity contribution in [1.29, 1.82) is 0 Å². The van der Waals surface area contributed by atoms with E-state index >= 15 is 0 Å². The van der Waals surface area contributed by atoms with Crippen LogP contribution in [0.5, 0.6) is 5.75 Å². The lowest BCUT2D eigenvalue weighted by molar-refractivity contribution is 0.415. The van der Waals surface area contributed by atoms with Crippen LogP contribution in [0.15, 0.2) is 31.9 Å². The van der Waals surface area contributed by atoms with Crippen LogP contribution in [0, 0.1) is 0 Å². The number of H-pyrrole nitrogens is 1. The van der Waals surface area contributed by atoms with Crippen molar-refractivity contribution >= 4 is 31.9 Å². The molecule has 0 radical (unpaired) electrons. The second-order valence-corrected chi connectivity index (χ2v) is 6.38. The lowest BCUT2D eigenvalue weighted by atomic mass is 10.2. The maximum Gasteiger partial charge on any atom is 0.265 e. The SMILES string of the molecule is COc1ccc(Br)c(-c2nc(C3CC3)c(Br)c(=O)[nH]2)c1. The lowest BCUT2D eigenvalue weighted by Gasteiger charge is -2.09. The van der Waals surface area contributed by atoms with Crippen molar-refractivity contribution in [1.82, 2.24) is 9.97 Å². The number of aromatic amines is 1. The van der Waals surface area contributed by atoms with Crippen LogP contribution in [0.1, 0.15) is 24.5 Å². The third kappa shape index (κ3) is 2.54. The Kier molecular flexibility index (Phi) is 3.69. The van der Waals surface area contributed by atoms with Gasteiger partial charge in [-0.25, -0.2) is 4.98 Å². The van der Waals surface area contributed by atoms with E-state index in [0.717, 1.165) is 34.3 Å². The molecule has 1 aliphatic rings. The summed E-state index contributed by atoms with van der Waals surface area (Å²) < 4.78 is 6.64. The topological polar surface area (TPSA) is 55.0 Å². The average Bonchev–Trinajstić information content (AvgIpc) is 3.27. The molecule has 0 atom stereocenters. The molecule has 1 aliphatic carbocycles. The molecule has 1 saturated carbocycles. The molecule has 20 heavy (non-hydrogen) atoms. The maximum absolute atomic E-state index is 12.0. The van der Waals surface area contributed by atoms with E-state index < -0.39 is 0 Å². The molecule has 0 spiro atoms. The summed E-state index contributed by atoms with van der Waals surface area (Å²) in [7, 11) is 1.61. The molecule has 1 aromatic carbocycles. The maximum atomic E-state index is 12.0. The number of halogens is 2. The zero-order valence-electron chi connectivity index (χ0n) is 10.7. The molecule has 4 nitrogen and oxygen atoms in total. The van der Waals surface area contributed by atoms with E-state index in [4.69, 9.17) is 4.74 Å². The van der Waals surface area contributed by atoms with Gasteiger partial charge in [0.25, 0.3) is 5.56 Å². The van der Waals surface area contributed by atoms with Crippen LogP contribution in [0.2, 0.25) is 0 Å². The first-order chi connectivity index (χ1) is 9.60. The Morgan fingerprint density at radius 2 is 2.10 bits per heavy atom. The van der Waals surface area contributed by atoms with Crippen molar-refractivity contribution in [2.24, 2.45) is 0 Å². The summed E-state index contributed by atoms with van der Waals surface area (Å²) in [4.78, 5) is 19.5. The van der Waals surface area contributed by atoms with E-state index in [0.29, 0.717) is 16.2 Å². The third-order valence-electron chi connectivity index (χ3n) is 3.28. The summed E-state index contributed by atoms with van der Waals surface area (Å²) >= 11 is 6.82. The fraction of sp³-hybridized carbons (Fsp3) is 0.286. The number of ether oxygens (including phenoxy) is 1. The molecule has 0 aliphatic heterocycles. The van der Waals surface area contributed by atoms with Crippen LogP contribution < -0.4 is 10.3 Å². The van der Waals surface area contributed by atoms with Gasteiger partial charge in [0.1, 0.15) is 16.0 Å². The minimum Gasteiger partial charge on any atom is -0.497 e. The van der Waals surface area contributed by atoms with Crippen LogP contribution in [0.3, 0.4) is 0 Å². The van der Waals surface area contributed by atoms with Gasteiger partial charge in [-0.2, -0.15) is 0 Å². The quantitative estimate of drug-likeness (QED) is 0.852. The van der Waals surface area contributed by atoms with Crippen LogP contribution >= 0.6 is 31.9 Å². The Bertz CT molecular complexity index is 724. The normalized spacial score (nSPS) is 14.3. The Hall–Kier alpha value is -1.14. The molecule has 1 fully saturated rings. The van der Waals surface area contributed by atoms with Gasteiger partial charge in [0, 0.05) is 16.0 Å². The highest BCUT2D eigenvalue weighted by Crippen LogP contribution is 2.42. The molecule has 1 N–H and O–H groups in total. The van der Waals surface area contributed by atoms with Gasteiger partial charge in [0.05, 0.1) is 12.8 Å². The minimum atomic E-state index is -0.147. The van der Waals surface area contributed by atoms with Crippen molar-refractivity contribution < 1.29 is 4.74 Å². The van der Waals surface area contributed by atoms with Gasteiger partial charge in [0.15, 0.2) is 0 Å². The molecule has 0 bridgehead atoms. The fourth-order valence-corrected chi connectivity index (χ4v) is 2.99. The van der Waals surface area contributed by atoms with Gasteiger partial charge in [-0.15, -0.1) is 0 Å². The van der Waals surface area contributed by atoms with Crippen LogP contribution in [-0.2, 0) is 0 Å². The highest BCUT2D eigenvalue weighted by Gasteiger charge is 2.29. The number of nitrogens with zero attached hydrogens (tertiary/aromatic N) is 1. The predicted molar refractivity (Wildman–Crippen MR) is 84.2 cm³/mol. The lowest BCUT2D eigenvalue weighted by Crippen LogP contribution is -2.13. The van der Waals surface area contributed by atoms with Crippen molar-refractivity contribution in [3.63, 3.8) is 0 Å². The molecule has 0 amide bonds. The number of nitrogens with one attached hydrogen (secondary N) is 1. The van der Waals surface area contributed by atoms with Crippen molar-refractivity contribution in [3.8, 4) is 17.1 Å². The van der Waals surface area contributed by atoms with E-state index in [9.17, 15) is 4.79 Å². The van der Waals surface area contributed by atoms with Crippen molar-refractivity contribution in [2.75, 3.05) is 7.11 Å². The van der Waals surface area contributed by atoms with E-state index in [-0.39, 0.29) is 5.56 Å². The highest BCUT2D eigenvalue weighted by molar-refractivity contribution is 9.10. The van der Waals surface area contributed by atoms with Gasteiger partial charge >= 0.3 is 0 Å². The monoisotopic (exact) mass is 398 g/mol. The van der Waals surface area contributed by atoms with Gasteiger partial charge in [-0.1, -0.05) is 15.9 Å². The van der Waals surface area contributed by atoms with Gasteiger partial charge < -0.3 is 9.72 Å². The molecular formula is C14H12Br2N2O2. The number of methoxy groups -OCH3 is 1. The summed E-state index contributed by atoms with van der Waals surface area (Å²) in [6.45, 7) is 0. The highest BCUT2D eigenvalue weighted by atomic mass is 79.9. The predicted octanol–water partition coefficient (Wildman–Crippen LogP) is 3.85. The summed E-state index contributed by atoms with van der Waals surface area (Å²) in [5, 5.41) is 0. The molecule has 1 aromatic heterocycles. The number of rotatable bonds is 3. The molecule has 104 valence electrons. The second kappa shape index (κ2) is 5.33. The van der Waals surface area contributed by atoms with Gasteiger partial charge in [-0.3, -0.25) is 4.79 Å². The zero-order chi connectivity index (χ0) is 14.3. The first-order valence-electron chi connectivity index (χ1n) is 6.23. The molecular weight excluding hydrogens is 388 g/mol. The van der Waals surface area contributed by atoms with E-state index in [1.54, 1.807) is 7.11 Å². The summed E-state index contributed by atoms with van der Waals surface area (Å²) in [5.41, 5.74) is 1.51. The molecule has 1 heterocycles. The van der Waals surface area contributed by atoms with E-state index in [1.165, 1.54) is 0 Å². The van der Waals surface area contributed by atoms with Crippen LogP contribution in [0.25, 0.3) is 11.4 Å². The van der Waals surface area contributed by atoms with Crippen LogP contribution in [0.4, 0.5) is 0 Å². The van der Waals surface area contributed by atoms with Gasteiger partial charge in [0.2, 0.25) is 0 Å². The minimum absolute atomic E-state index is 0.147. The number of benzene rings is 1. The molecule has 3 rings (SSSR count). The fourth-order valence-electron chi connectivity index (χ4n) is 2.04. The molecule has 2 aromatic rings. The number of hydrogen-bond acceptors (Lipinski definition) is 3. The smallest absolute Gasteiger partial charge is 0.265 e. The standard InChI is InChI=1S/C14H12Br2N2O2/c1-20-8-4-5-10(15)9(6-8)13-17-12(7-2-3-7)11(16)14(19)18-13/h4-7H,2-3H2,1H3,(H,17,18,19). The zero-order valence-corrected chi connectivity index (χ0v) is 13.9. The first-order valence-corrected chi connectivity index (χ1v) is 7.82. The van der Waals surface area contributed by atoms with E-state index in [2.05, 4.69) is 41.8 Å². The van der Waals surface area contributed by atoms with Gasteiger partial charge in [-0.05, 0) is 47.0 Å². The Balaban J connectivity index is 2.17. The number of hydrogen-bond donors (Lipinski definition) is 1. The summed E-state index contributed by atoms with van der Waals surface area (Å²) in [5.74, 6) is 1.68. The Labute approximate surface area is 132 Å². The third-order valence-corrected chi connectivity index (χ3v) is 4.74. The Morgan fingerprint density at radius 3 is 2.75 bits per heavy atom. The molecule has 6 heteroatoms. The molecule has 0 unspecified atom stereocenters. The molecule has 0 saturated heterocycles. The Morgan fingerprint density at radius 1 is 1.35 bits per heavy atom. The van der Waals surface area contributed by atoms with Crippen LogP contribution in [-0.4, -0.2) is 17.1 Å². The summed E-state index contributed by atoms with van der Waals surface area (Å²) in [6.07, 6.45) is 2.18.